The number of benzene rings is 2. The molecule has 0 saturated carbocycles. The van der Waals surface area contributed by atoms with Crippen LogP contribution < -0.4 is 10.4 Å². The molecule has 1 aliphatic carbocycles. The van der Waals surface area contributed by atoms with E-state index in [0.717, 1.165) is 41.4 Å². The van der Waals surface area contributed by atoms with Crippen LogP contribution in [0.3, 0.4) is 0 Å². The summed E-state index contributed by atoms with van der Waals surface area (Å²) in [5.41, 5.74) is 5.59. The van der Waals surface area contributed by atoms with Gasteiger partial charge in [0.25, 0.3) is 5.91 Å². The Bertz CT molecular complexity index is 1200. The molecule has 1 aliphatic heterocycles. The summed E-state index contributed by atoms with van der Waals surface area (Å²) in [6, 6.07) is 13.3. The van der Waals surface area contributed by atoms with Crippen molar-refractivity contribution in [3.63, 3.8) is 0 Å². The second kappa shape index (κ2) is 8.03. The molecule has 8 nitrogen and oxygen atoms in total. The Hall–Kier alpha value is -3.23. The van der Waals surface area contributed by atoms with Crippen LogP contribution in [-0.4, -0.2) is 46.8 Å². The van der Waals surface area contributed by atoms with E-state index in [-0.39, 0.29) is 5.91 Å². The molecule has 2 aliphatic rings. The Morgan fingerprint density at radius 2 is 2.06 bits per heavy atom. The summed E-state index contributed by atoms with van der Waals surface area (Å²) in [4.78, 5) is 32.3. The predicted molar refractivity (Wildman–Crippen MR) is 119 cm³/mol. The summed E-state index contributed by atoms with van der Waals surface area (Å²) in [6.07, 6.45) is 2.90. The number of anilines is 1. The third kappa shape index (κ3) is 3.27. The largest absolute Gasteiger partial charge is 0.383 e. The maximum atomic E-state index is 13.8. The molecule has 2 amide bonds. The molecule has 1 atom stereocenters. The number of amides is 2. The van der Waals surface area contributed by atoms with Crippen molar-refractivity contribution in [1.82, 2.24) is 15.0 Å². The Kier molecular flexibility index (Phi) is 5.19. The van der Waals surface area contributed by atoms with Crippen LogP contribution in [0.5, 0.6) is 0 Å². The number of aromatic nitrogens is 2. The Labute approximate surface area is 185 Å². The topological polar surface area (TPSA) is 96.7 Å². The summed E-state index contributed by atoms with van der Waals surface area (Å²) in [7, 11) is 1.67. The zero-order valence-electron chi connectivity index (χ0n) is 18.0. The Morgan fingerprint density at radius 3 is 2.88 bits per heavy atom. The molecule has 166 valence electrons. The molecule has 1 aromatic heterocycles. The number of nitrogens with one attached hydrogen (secondary N) is 1. The van der Waals surface area contributed by atoms with E-state index in [9.17, 15) is 9.59 Å². The fourth-order valence-electron chi connectivity index (χ4n) is 5.15. The maximum absolute atomic E-state index is 13.8. The third-order valence-electron chi connectivity index (χ3n) is 6.88. The minimum atomic E-state index is -0.543. The molecular formula is C24H26N4O4. The molecule has 2 aromatic carbocycles. The van der Waals surface area contributed by atoms with Crippen molar-refractivity contribution in [2.45, 2.75) is 32.2 Å². The van der Waals surface area contributed by atoms with Gasteiger partial charge < -0.3 is 9.30 Å². The SMILES string of the molecule is COCCn1c(N2CC[C@@]3(CCc4ccc(C(=O)NO)cc4C3)C2=O)nc2ccccc21. The van der Waals surface area contributed by atoms with Crippen LogP contribution >= 0.6 is 0 Å². The number of hydrogen-bond donors (Lipinski definition) is 2. The molecule has 0 unspecified atom stereocenters. The average molecular weight is 434 g/mol. The quantitative estimate of drug-likeness (QED) is 0.475. The van der Waals surface area contributed by atoms with E-state index in [1.165, 1.54) is 0 Å². The van der Waals surface area contributed by atoms with Crippen LogP contribution in [0.1, 0.15) is 34.3 Å². The number of hydroxylamine groups is 1. The normalized spacial score (nSPS) is 20.2. The van der Waals surface area contributed by atoms with E-state index in [4.69, 9.17) is 14.9 Å². The number of para-hydroxylation sites is 2. The van der Waals surface area contributed by atoms with E-state index >= 15 is 0 Å². The van der Waals surface area contributed by atoms with E-state index in [1.54, 1.807) is 24.7 Å². The first-order valence-corrected chi connectivity index (χ1v) is 10.9. The number of ether oxygens (including phenoxy) is 1. The lowest BCUT2D eigenvalue weighted by Gasteiger charge is -2.33. The fraction of sp³-hybridized carbons (Fsp3) is 0.375. The lowest BCUT2D eigenvalue weighted by atomic mass is 9.70. The van der Waals surface area contributed by atoms with Gasteiger partial charge in [0.1, 0.15) is 0 Å². The second-order valence-electron chi connectivity index (χ2n) is 8.63. The molecule has 32 heavy (non-hydrogen) atoms. The molecule has 0 radical (unpaired) electrons. The number of hydrogen-bond acceptors (Lipinski definition) is 5. The van der Waals surface area contributed by atoms with Gasteiger partial charge in [-0.15, -0.1) is 0 Å². The number of carbonyl (C=O) groups is 2. The molecule has 0 bridgehead atoms. The van der Waals surface area contributed by atoms with Gasteiger partial charge in [-0.25, -0.2) is 10.5 Å². The summed E-state index contributed by atoms with van der Waals surface area (Å²) in [5, 5.41) is 8.97. The fourth-order valence-corrected chi connectivity index (χ4v) is 5.15. The number of aryl methyl sites for hydroxylation is 1. The van der Waals surface area contributed by atoms with Crippen molar-refractivity contribution in [3.05, 3.63) is 59.2 Å². The van der Waals surface area contributed by atoms with Crippen molar-refractivity contribution < 1.29 is 19.5 Å². The van der Waals surface area contributed by atoms with E-state index in [2.05, 4.69) is 4.57 Å². The molecule has 3 aromatic rings. The van der Waals surface area contributed by atoms with Crippen molar-refractivity contribution in [3.8, 4) is 0 Å². The predicted octanol–water partition coefficient (Wildman–Crippen LogP) is 2.71. The lowest BCUT2D eigenvalue weighted by Crippen LogP contribution is -2.39. The van der Waals surface area contributed by atoms with Crippen LogP contribution in [0.25, 0.3) is 11.0 Å². The van der Waals surface area contributed by atoms with Crippen LogP contribution in [0, 0.1) is 5.41 Å². The first kappa shape index (κ1) is 20.7. The molecule has 2 heterocycles. The highest BCUT2D eigenvalue weighted by Crippen LogP contribution is 2.45. The zero-order chi connectivity index (χ0) is 22.3. The van der Waals surface area contributed by atoms with Crippen LogP contribution in [-0.2, 0) is 28.9 Å². The molecule has 5 rings (SSSR count). The van der Waals surface area contributed by atoms with Crippen molar-refractivity contribution in [1.29, 1.82) is 0 Å². The summed E-state index contributed by atoms with van der Waals surface area (Å²) < 4.78 is 7.36. The molecule has 1 saturated heterocycles. The van der Waals surface area contributed by atoms with Crippen LogP contribution in [0.2, 0.25) is 0 Å². The minimum Gasteiger partial charge on any atom is -0.383 e. The first-order chi connectivity index (χ1) is 15.6. The number of nitrogens with zero attached hydrogens (tertiary/aromatic N) is 3. The van der Waals surface area contributed by atoms with Gasteiger partial charge in [0.05, 0.1) is 23.1 Å². The highest BCUT2D eigenvalue weighted by Gasteiger charge is 2.49. The van der Waals surface area contributed by atoms with Crippen molar-refractivity contribution in [2.24, 2.45) is 5.41 Å². The number of rotatable bonds is 5. The summed E-state index contributed by atoms with van der Waals surface area (Å²) in [5.74, 6) is 0.220. The monoisotopic (exact) mass is 434 g/mol. The van der Waals surface area contributed by atoms with Gasteiger partial charge >= 0.3 is 0 Å². The molecular weight excluding hydrogens is 408 g/mol. The molecule has 1 spiro atoms. The third-order valence-corrected chi connectivity index (χ3v) is 6.88. The molecule has 8 heteroatoms. The van der Waals surface area contributed by atoms with Crippen LogP contribution in [0.15, 0.2) is 42.5 Å². The molecule has 2 N–H and O–H groups in total. The minimum absolute atomic E-state index is 0.0918. The smallest absolute Gasteiger partial charge is 0.274 e. The summed E-state index contributed by atoms with van der Waals surface area (Å²) in [6.45, 7) is 1.76. The standard InChI is InChI=1S/C24H26N4O4/c1-32-13-12-27-20-5-3-2-4-19(20)25-23(27)28-11-10-24(22(28)30)9-8-16-6-7-17(21(29)26-31)14-18(16)15-24/h2-7,14,31H,8-13,15H2,1H3,(H,26,29)/t24-/m1/s1. The van der Waals surface area contributed by atoms with Crippen molar-refractivity contribution >= 4 is 28.8 Å². The van der Waals surface area contributed by atoms with Gasteiger partial charge in [-0.3, -0.25) is 19.7 Å². The Balaban J connectivity index is 1.48. The van der Waals surface area contributed by atoms with E-state index < -0.39 is 11.3 Å². The van der Waals surface area contributed by atoms with Gasteiger partial charge in [0.2, 0.25) is 11.9 Å². The average Bonchev–Trinajstić information content (AvgIpc) is 3.34. The van der Waals surface area contributed by atoms with Gasteiger partial charge in [0, 0.05) is 25.8 Å². The number of fused-ring (bicyclic) bond motifs is 2. The maximum Gasteiger partial charge on any atom is 0.274 e. The van der Waals surface area contributed by atoms with E-state index in [1.807, 2.05) is 35.2 Å². The van der Waals surface area contributed by atoms with Gasteiger partial charge in [-0.05, 0) is 61.1 Å². The number of methoxy groups -OCH3 is 1. The zero-order valence-corrected chi connectivity index (χ0v) is 18.0. The number of imidazole rings is 1. The van der Waals surface area contributed by atoms with Crippen molar-refractivity contribution in [2.75, 3.05) is 25.2 Å². The van der Waals surface area contributed by atoms with Crippen LogP contribution in [0.4, 0.5) is 5.95 Å². The van der Waals surface area contributed by atoms with E-state index in [0.29, 0.717) is 37.6 Å². The second-order valence-corrected chi connectivity index (χ2v) is 8.63. The first-order valence-electron chi connectivity index (χ1n) is 10.9. The van der Waals surface area contributed by atoms with Gasteiger partial charge in [0.15, 0.2) is 0 Å². The highest BCUT2D eigenvalue weighted by molar-refractivity contribution is 6.00. The Morgan fingerprint density at radius 1 is 1.22 bits per heavy atom. The van der Waals surface area contributed by atoms with Gasteiger partial charge in [-0.1, -0.05) is 18.2 Å². The lowest BCUT2D eigenvalue weighted by molar-refractivity contribution is -0.126. The van der Waals surface area contributed by atoms with Gasteiger partial charge in [-0.2, -0.15) is 0 Å². The highest BCUT2D eigenvalue weighted by atomic mass is 16.5. The summed E-state index contributed by atoms with van der Waals surface area (Å²) >= 11 is 0. The molecule has 1 fully saturated rings. The number of carbonyl (C=O) groups excluding carboxylic acids is 2.